The molecule has 134 valence electrons. The molecule has 7 nitrogen and oxygen atoms in total. The molecule has 0 bridgehead atoms. The Labute approximate surface area is 146 Å². The Morgan fingerprint density at radius 1 is 1.32 bits per heavy atom. The Morgan fingerprint density at radius 2 is 1.96 bits per heavy atom. The number of nitrogens with zero attached hydrogens (tertiary/aromatic N) is 2. The molecule has 2 heterocycles. The van der Waals surface area contributed by atoms with Crippen molar-refractivity contribution in [3.63, 3.8) is 0 Å². The minimum atomic E-state index is -0.295. The number of carbonyl (C=O) groups is 1. The smallest absolute Gasteiger partial charge is 0.272 e. The van der Waals surface area contributed by atoms with E-state index in [0.29, 0.717) is 17.3 Å². The van der Waals surface area contributed by atoms with E-state index in [1.807, 2.05) is 0 Å². The van der Waals surface area contributed by atoms with Crippen LogP contribution in [0.4, 0.5) is 0 Å². The summed E-state index contributed by atoms with van der Waals surface area (Å²) in [5.41, 5.74) is -0.0528. The summed E-state index contributed by atoms with van der Waals surface area (Å²) >= 11 is 0. The van der Waals surface area contributed by atoms with Crippen LogP contribution >= 0.6 is 0 Å². The maximum Gasteiger partial charge on any atom is 0.272 e. The van der Waals surface area contributed by atoms with E-state index in [2.05, 4.69) is 41.2 Å². The maximum atomic E-state index is 12.5. The fourth-order valence-electron chi connectivity index (χ4n) is 3.32. The fraction of sp³-hybridized carbons (Fsp3) is 0.500. The fourth-order valence-corrected chi connectivity index (χ4v) is 3.32. The Hall–Kier alpha value is -2.25. The van der Waals surface area contributed by atoms with Crippen molar-refractivity contribution in [3.8, 4) is 0 Å². The highest BCUT2D eigenvalue weighted by Crippen LogP contribution is 2.14. The topological polar surface area (TPSA) is 87.3 Å². The zero-order chi connectivity index (χ0) is 18.0. The molecule has 3 rings (SSSR count). The van der Waals surface area contributed by atoms with Crippen LogP contribution in [-0.2, 0) is 4.74 Å². The Balaban J connectivity index is 1.69. The summed E-state index contributed by atoms with van der Waals surface area (Å²) in [6, 6.07) is 7.17. The zero-order valence-electron chi connectivity index (χ0n) is 14.8. The van der Waals surface area contributed by atoms with Crippen molar-refractivity contribution in [2.45, 2.75) is 39.0 Å². The quantitative estimate of drug-likeness (QED) is 0.869. The number of benzene rings is 1. The molecule has 2 aromatic rings. The van der Waals surface area contributed by atoms with Crippen molar-refractivity contribution in [2.75, 3.05) is 19.6 Å². The highest BCUT2D eigenvalue weighted by Gasteiger charge is 2.26. The summed E-state index contributed by atoms with van der Waals surface area (Å²) < 4.78 is 5.75. The van der Waals surface area contributed by atoms with Crippen LogP contribution in [0.15, 0.2) is 29.1 Å². The van der Waals surface area contributed by atoms with Crippen LogP contribution in [0.3, 0.4) is 0 Å². The summed E-state index contributed by atoms with van der Waals surface area (Å²) in [4.78, 5) is 26.7. The van der Waals surface area contributed by atoms with E-state index in [4.69, 9.17) is 4.74 Å². The predicted octanol–water partition coefficient (Wildman–Crippen LogP) is 1.15. The first-order valence-electron chi connectivity index (χ1n) is 8.61. The third-order valence-electron chi connectivity index (χ3n) is 4.54. The van der Waals surface area contributed by atoms with Crippen molar-refractivity contribution in [1.29, 1.82) is 0 Å². The Bertz CT molecular complexity index is 809. The molecule has 1 aliphatic heterocycles. The molecule has 0 spiro atoms. The summed E-state index contributed by atoms with van der Waals surface area (Å²) in [6.07, 6.45) is 0.374. The van der Waals surface area contributed by atoms with Gasteiger partial charge >= 0.3 is 0 Å². The van der Waals surface area contributed by atoms with Gasteiger partial charge < -0.3 is 10.1 Å². The number of ether oxygens (including phenoxy) is 1. The van der Waals surface area contributed by atoms with Gasteiger partial charge in [-0.05, 0) is 26.8 Å². The SMILES string of the molecule is C[C@@H]1CN([C@@H](C)CNC(=O)c2n[nH]c(=O)c3ccccc23)C[C@@H](C)O1. The van der Waals surface area contributed by atoms with Gasteiger partial charge in [0.1, 0.15) is 0 Å². The molecule has 1 aromatic carbocycles. The van der Waals surface area contributed by atoms with Crippen LogP contribution < -0.4 is 10.9 Å². The van der Waals surface area contributed by atoms with Gasteiger partial charge in [-0.15, -0.1) is 0 Å². The van der Waals surface area contributed by atoms with Gasteiger partial charge in [-0.2, -0.15) is 5.10 Å². The van der Waals surface area contributed by atoms with E-state index in [9.17, 15) is 9.59 Å². The van der Waals surface area contributed by atoms with Crippen molar-refractivity contribution < 1.29 is 9.53 Å². The van der Waals surface area contributed by atoms with Gasteiger partial charge in [0.15, 0.2) is 5.69 Å². The van der Waals surface area contributed by atoms with Gasteiger partial charge in [0.25, 0.3) is 11.5 Å². The molecule has 1 amide bonds. The minimum absolute atomic E-state index is 0.187. The lowest BCUT2D eigenvalue weighted by Crippen LogP contribution is -2.52. The molecular weight excluding hydrogens is 320 g/mol. The lowest BCUT2D eigenvalue weighted by atomic mass is 10.1. The predicted molar refractivity (Wildman–Crippen MR) is 95.7 cm³/mol. The van der Waals surface area contributed by atoms with E-state index in [-0.39, 0.29) is 35.4 Å². The van der Waals surface area contributed by atoms with Gasteiger partial charge in [0.2, 0.25) is 0 Å². The first-order chi connectivity index (χ1) is 12.0. The minimum Gasteiger partial charge on any atom is -0.373 e. The Kier molecular flexibility index (Phi) is 5.15. The average molecular weight is 344 g/mol. The highest BCUT2D eigenvalue weighted by atomic mass is 16.5. The third kappa shape index (κ3) is 3.88. The van der Waals surface area contributed by atoms with Crippen LogP contribution in [0, 0.1) is 0 Å². The van der Waals surface area contributed by atoms with E-state index in [0.717, 1.165) is 13.1 Å². The zero-order valence-corrected chi connectivity index (χ0v) is 14.8. The van der Waals surface area contributed by atoms with Crippen molar-refractivity contribution in [1.82, 2.24) is 20.4 Å². The molecule has 0 unspecified atom stereocenters. The number of aromatic nitrogens is 2. The number of H-pyrrole nitrogens is 1. The molecule has 0 saturated carbocycles. The molecule has 1 aromatic heterocycles. The second-order valence-corrected chi connectivity index (χ2v) is 6.72. The summed E-state index contributed by atoms with van der Waals surface area (Å²) in [6.45, 7) is 8.41. The molecular formula is C18H24N4O3. The van der Waals surface area contributed by atoms with E-state index in [1.165, 1.54) is 0 Å². The largest absolute Gasteiger partial charge is 0.373 e. The lowest BCUT2D eigenvalue weighted by molar-refractivity contribution is -0.0778. The molecule has 0 aliphatic carbocycles. The molecule has 7 heteroatoms. The van der Waals surface area contributed by atoms with E-state index in [1.54, 1.807) is 24.3 Å². The van der Waals surface area contributed by atoms with Crippen LogP contribution in [0.25, 0.3) is 10.8 Å². The second kappa shape index (κ2) is 7.33. The maximum absolute atomic E-state index is 12.5. The van der Waals surface area contributed by atoms with E-state index < -0.39 is 0 Å². The number of nitrogens with one attached hydrogen (secondary N) is 2. The first kappa shape index (κ1) is 17.6. The van der Waals surface area contributed by atoms with E-state index >= 15 is 0 Å². The number of morpholine rings is 1. The highest BCUT2D eigenvalue weighted by molar-refractivity contribution is 6.04. The van der Waals surface area contributed by atoms with Crippen LogP contribution in [0.1, 0.15) is 31.3 Å². The standard InChI is InChI=1S/C18H24N4O3/c1-11(22-9-12(2)25-13(3)10-22)8-19-18(24)16-14-6-4-5-7-15(14)17(23)21-20-16/h4-7,11-13H,8-10H2,1-3H3,(H,19,24)(H,21,23)/t11-,12+,13+/m0/s1. The third-order valence-corrected chi connectivity index (χ3v) is 4.54. The van der Waals surface area contributed by atoms with Crippen LogP contribution in [0.5, 0.6) is 0 Å². The molecule has 3 atom stereocenters. The normalized spacial score (nSPS) is 22.7. The molecule has 1 saturated heterocycles. The van der Waals surface area contributed by atoms with Crippen molar-refractivity contribution in [3.05, 3.63) is 40.3 Å². The summed E-state index contributed by atoms with van der Waals surface area (Å²) in [7, 11) is 0. The van der Waals surface area contributed by atoms with Gasteiger partial charge in [-0.3, -0.25) is 14.5 Å². The van der Waals surface area contributed by atoms with Crippen molar-refractivity contribution >= 4 is 16.7 Å². The van der Waals surface area contributed by atoms with Gasteiger partial charge in [-0.1, -0.05) is 18.2 Å². The molecule has 1 fully saturated rings. The lowest BCUT2D eigenvalue weighted by Gasteiger charge is -2.38. The van der Waals surface area contributed by atoms with Gasteiger partial charge in [0, 0.05) is 31.1 Å². The number of rotatable bonds is 4. The number of carbonyl (C=O) groups excluding carboxylic acids is 1. The number of amides is 1. The number of aromatic amines is 1. The first-order valence-corrected chi connectivity index (χ1v) is 8.61. The Morgan fingerprint density at radius 3 is 2.64 bits per heavy atom. The molecule has 0 radical (unpaired) electrons. The van der Waals surface area contributed by atoms with Crippen LogP contribution in [0.2, 0.25) is 0 Å². The molecule has 1 aliphatic rings. The van der Waals surface area contributed by atoms with Crippen LogP contribution in [-0.4, -0.2) is 58.9 Å². The second-order valence-electron chi connectivity index (χ2n) is 6.72. The summed E-state index contributed by atoms with van der Waals surface area (Å²) in [5, 5.41) is 10.3. The molecule has 2 N–H and O–H groups in total. The monoisotopic (exact) mass is 344 g/mol. The number of fused-ring (bicyclic) bond motifs is 1. The van der Waals surface area contributed by atoms with Gasteiger partial charge in [0.05, 0.1) is 17.6 Å². The summed E-state index contributed by atoms with van der Waals surface area (Å²) in [5.74, 6) is -0.284. The van der Waals surface area contributed by atoms with Gasteiger partial charge in [-0.25, -0.2) is 5.10 Å². The molecule has 25 heavy (non-hydrogen) atoms. The van der Waals surface area contributed by atoms with Crippen molar-refractivity contribution in [2.24, 2.45) is 0 Å². The number of hydrogen-bond acceptors (Lipinski definition) is 5. The average Bonchev–Trinajstić information content (AvgIpc) is 2.59. The number of hydrogen-bond donors (Lipinski definition) is 2.